The van der Waals surface area contributed by atoms with E-state index in [2.05, 4.69) is 10.0 Å². The second-order valence-electron chi connectivity index (χ2n) is 5.53. The van der Waals surface area contributed by atoms with Crippen molar-refractivity contribution in [1.29, 1.82) is 0 Å². The highest BCUT2D eigenvalue weighted by molar-refractivity contribution is 7.92. The molecule has 2 unspecified atom stereocenters. The standard InChI is InChI=1S/C14H21N3O3S.ClH/c1-21(19,20)17-13-8-3-2-7-12(13)16-14(18)10-5-4-6-11(15)9-10;/h2-3,7-8,10-11,17H,4-6,9,15H2,1H3,(H,16,18);1H. The number of amides is 1. The lowest BCUT2D eigenvalue weighted by atomic mass is 9.85. The number of hydrogen-bond donors (Lipinski definition) is 3. The van der Waals surface area contributed by atoms with E-state index in [4.69, 9.17) is 5.73 Å². The molecule has 0 radical (unpaired) electrons. The smallest absolute Gasteiger partial charge is 0.229 e. The molecule has 0 saturated heterocycles. The van der Waals surface area contributed by atoms with Crippen LogP contribution in [0.15, 0.2) is 24.3 Å². The predicted molar refractivity (Wildman–Crippen MR) is 90.7 cm³/mol. The fourth-order valence-corrected chi connectivity index (χ4v) is 3.16. The van der Waals surface area contributed by atoms with E-state index in [-0.39, 0.29) is 30.3 Å². The maximum atomic E-state index is 12.3. The summed E-state index contributed by atoms with van der Waals surface area (Å²) in [5.74, 6) is -0.215. The van der Waals surface area contributed by atoms with Crippen LogP contribution in [0.1, 0.15) is 25.7 Å². The summed E-state index contributed by atoms with van der Waals surface area (Å²) in [6.45, 7) is 0. The maximum absolute atomic E-state index is 12.3. The third-order valence-electron chi connectivity index (χ3n) is 3.57. The minimum absolute atomic E-state index is 0. The molecule has 1 aromatic rings. The Labute approximate surface area is 137 Å². The summed E-state index contributed by atoms with van der Waals surface area (Å²) < 4.78 is 25.1. The van der Waals surface area contributed by atoms with Gasteiger partial charge in [0.1, 0.15) is 0 Å². The van der Waals surface area contributed by atoms with Gasteiger partial charge in [0, 0.05) is 12.0 Å². The number of sulfonamides is 1. The van der Waals surface area contributed by atoms with Crippen molar-refractivity contribution in [3.05, 3.63) is 24.3 Å². The lowest BCUT2D eigenvalue weighted by molar-refractivity contribution is -0.120. The molecule has 6 nitrogen and oxygen atoms in total. The number of rotatable bonds is 4. The second-order valence-corrected chi connectivity index (χ2v) is 7.28. The fourth-order valence-electron chi connectivity index (χ4n) is 2.58. The van der Waals surface area contributed by atoms with Crippen molar-refractivity contribution in [3.8, 4) is 0 Å². The number of carbonyl (C=O) groups excluding carboxylic acids is 1. The maximum Gasteiger partial charge on any atom is 0.229 e. The Kier molecular flexibility index (Phi) is 6.65. The van der Waals surface area contributed by atoms with Crippen molar-refractivity contribution in [3.63, 3.8) is 0 Å². The van der Waals surface area contributed by atoms with Gasteiger partial charge in [-0.25, -0.2) is 8.42 Å². The molecule has 0 heterocycles. The van der Waals surface area contributed by atoms with E-state index in [9.17, 15) is 13.2 Å². The average molecular weight is 348 g/mol. The number of benzene rings is 1. The summed E-state index contributed by atoms with van der Waals surface area (Å²) in [7, 11) is -3.39. The van der Waals surface area contributed by atoms with Crippen molar-refractivity contribution in [2.24, 2.45) is 11.7 Å². The minimum atomic E-state index is -3.39. The number of nitrogens with two attached hydrogens (primary N) is 1. The van der Waals surface area contributed by atoms with Crippen LogP contribution in [0.2, 0.25) is 0 Å². The molecule has 0 aromatic heterocycles. The highest BCUT2D eigenvalue weighted by Gasteiger charge is 2.25. The van der Waals surface area contributed by atoms with Gasteiger partial charge in [0.15, 0.2) is 0 Å². The highest BCUT2D eigenvalue weighted by Crippen LogP contribution is 2.27. The molecule has 2 atom stereocenters. The zero-order valence-corrected chi connectivity index (χ0v) is 14.0. The molecule has 4 N–H and O–H groups in total. The molecule has 1 amide bonds. The number of hydrogen-bond acceptors (Lipinski definition) is 4. The summed E-state index contributed by atoms with van der Waals surface area (Å²) in [6.07, 6.45) is 4.47. The van der Waals surface area contributed by atoms with Gasteiger partial charge >= 0.3 is 0 Å². The predicted octanol–water partition coefficient (Wildman–Crippen LogP) is 1.94. The van der Waals surface area contributed by atoms with Gasteiger partial charge in [0.05, 0.1) is 17.6 Å². The first-order valence-corrected chi connectivity index (χ1v) is 8.87. The summed E-state index contributed by atoms with van der Waals surface area (Å²) in [4.78, 5) is 12.3. The van der Waals surface area contributed by atoms with Gasteiger partial charge in [-0.1, -0.05) is 18.6 Å². The van der Waals surface area contributed by atoms with Crippen LogP contribution in [-0.4, -0.2) is 26.6 Å². The average Bonchev–Trinajstić information content (AvgIpc) is 2.39. The largest absolute Gasteiger partial charge is 0.328 e. The third-order valence-corrected chi connectivity index (χ3v) is 4.16. The van der Waals surface area contributed by atoms with E-state index in [0.29, 0.717) is 17.8 Å². The number of para-hydroxylation sites is 2. The molecular weight excluding hydrogens is 326 g/mol. The molecule has 22 heavy (non-hydrogen) atoms. The van der Waals surface area contributed by atoms with Crippen molar-refractivity contribution < 1.29 is 13.2 Å². The van der Waals surface area contributed by atoms with Crippen LogP contribution in [-0.2, 0) is 14.8 Å². The van der Waals surface area contributed by atoms with Crippen molar-refractivity contribution in [1.82, 2.24) is 0 Å². The first kappa shape index (κ1) is 18.7. The molecule has 1 aromatic carbocycles. The molecule has 1 fully saturated rings. The van der Waals surface area contributed by atoms with Gasteiger partial charge in [-0.05, 0) is 31.4 Å². The molecule has 1 aliphatic rings. The summed E-state index contributed by atoms with van der Waals surface area (Å²) in [5, 5.41) is 2.80. The van der Waals surface area contributed by atoms with Gasteiger partial charge in [-0.3, -0.25) is 9.52 Å². The Balaban J connectivity index is 0.00000242. The van der Waals surface area contributed by atoms with Gasteiger partial charge in [0.2, 0.25) is 15.9 Å². The number of anilines is 2. The number of nitrogens with one attached hydrogen (secondary N) is 2. The highest BCUT2D eigenvalue weighted by atomic mass is 35.5. The van der Waals surface area contributed by atoms with E-state index in [1.54, 1.807) is 24.3 Å². The normalized spacial score (nSPS) is 21.5. The quantitative estimate of drug-likeness (QED) is 0.774. The lowest BCUT2D eigenvalue weighted by Gasteiger charge is -2.26. The van der Waals surface area contributed by atoms with Gasteiger partial charge in [-0.15, -0.1) is 12.4 Å². The Bertz CT molecular complexity index is 622. The first-order chi connectivity index (χ1) is 9.85. The summed E-state index contributed by atoms with van der Waals surface area (Å²) in [6, 6.07) is 6.81. The topological polar surface area (TPSA) is 101 Å². The second kappa shape index (κ2) is 7.80. The molecule has 1 aliphatic carbocycles. The van der Waals surface area contributed by atoms with E-state index in [1.807, 2.05) is 0 Å². The SMILES string of the molecule is CS(=O)(=O)Nc1ccccc1NC(=O)C1CCCC(N)C1.Cl. The van der Waals surface area contributed by atoms with E-state index in [1.165, 1.54) is 0 Å². The molecule has 8 heteroatoms. The zero-order chi connectivity index (χ0) is 15.5. The lowest BCUT2D eigenvalue weighted by Crippen LogP contribution is -2.34. The van der Waals surface area contributed by atoms with Crippen LogP contribution >= 0.6 is 12.4 Å². The minimum Gasteiger partial charge on any atom is -0.328 e. The summed E-state index contributed by atoms with van der Waals surface area (Å²) >= 11 is 0. The van der Waals surface area contributed by atoms with Crippen molar-refractivity contribution in [2.45, 2.75) is 31.7 Å². The summed E-state index contributed by atoms with van der Waals surface area (Å²) in [5.41, 5.74) is 6.73. The molecule has 0 bridgehead atoms. The van der Waals surface area contributed by atoms with Crippen LogP contribution in [0.5, 0.6) is 0 Å². The van der Waals surface area contributed by atoms with Crippen LogP contribution < -0.4 is 15.8 Å². The molecule has 124 valence electrons. The van der Waals surface area contributed by atoms with E-state index < -0.39 is 10.0 Å². The molecular formula is C14H22ClN3O3S. The molecule has 2 rings (SSSR count). The Morgan fingerprint density at radius 1 is 1.23 bits per heavy atom. The van der Waals surface area contributed by atoms with E-state index in [0.717, 1.165) is 25.5 Å². The van der Waals surface area contributed by atoms with Crippen LogP contribution in [0, 0.1) is 5.92 Å². The monoisotopic (exact) mass is 347 g/mol. The van der Waals surface area contributed by atoms with Gasteiger partial charge in [-0.2, -0.15) is 0 Å². The van der Waals surface area contributed by atoms with Crippen molar-refractivity contribution >= 4 is 39.7 Å². The van der Waals surface area contributed by atoms with E-state index >= 15 is 0 Å². The van der Waals surface area contributed by atoms with Crippen LogP contribution in [0.3, 0.4) is 0 Å². The Morgan fingerprint density at radius 2 is 1.86 bits per heavy atom. The van der Waals surface area contributed by atoms with Crippen LogP contribution in [0.25, 0.3) is 0 Å². The zero-order valence-electron chi connectivity index (χ0n) is 12.4. The molecule has 0 aliphatic heterocycles. The fraction of sp³-hybridized carbons (Fsp3) is 0.500. The number of halogens is 1. The molecule has 0 spiro atoms. The first-order valence-electron chi connectivity index (χ1n) is 6.98. The van der Waals surface area contributed by atoms with Crippen LogP contribution in [0.4, 0.5) is 11.4 Å². The van der Waals surface area contributed by atoms with Gasteiger partial charge in [0.25, 0.3) is 0 Å². The number of carbonyl (C=O) groups is 1. The third kappa shape index (κ3) is 5.47. The van der Waals surface area contributed by atoms with Gasteiger partial charge < -0.3 is 11.1 Å². The Morgan fingerprint density at radius 3 is 2.45 bits per heavy atom. The Hall–Kier alpha value is -1.31. The molecule has 1 saturated carbocycles. The van der Waals surface area contributed by atoms with Crippen molar-refractivity contribution in [2.75, 3.05) is 16.3 Å².